The zero-order chi connectivity index (χ0) is 13.9. The fourth-order valence-corrected chi connectivity index (χ4v) is 3.43. The van der Waals surface area contributed by atoms with Crippen LogP contribution >= 0.6 is 0 Å². The summed E-state index contributed by atoms with van der Waals surface area (Å²) in [7, 11) is 0. The summed E-state index contributed by atoms with van der Waals surface area (Å²) in [6.07, 6.45) is 2.61. The Balaban J connectivity index is 1.71. The maximum absolute atomic E-state index is 9.46. The predicted octanol–water partition coefficient (Wildman–Crippen LogP) is 2.08. The Labute approximate surface area is 120 Å². The van der Waals surface area contributed by atoms with Crippen LogP contribution in [0.1, 0.15) is 25.3 Å². The largest absolute Gasteiger partial charge is 0.494 e. The van der Waals surface area contributed by atoms with E-state index in [1.165, 1.54) is 25.9 Å². The summed E-state index contributed by atoms with van der Waals surface area (Å²) in [5, 5.41) is 13.1. The minimum absolute atomic E-state index is 0.0189. The van der Waals surface area contributed by atoms with Crippen molar-refractivity contribution in [2.75, 3.05) is 31.6 Å². The first-order valence-electron chi connectivity index (χ1n) is 7.65. The lowest BCUT2D eigenvalue weighted by molar-refractivity contribution is 0.0975. The average molecular weight is 276 g/mol. The molecule has 1 unspecified atom stereocenters. The highest BCUT2D eigenvalue weighted by atomic mass is 16.5. The SMILES string of the molecule is CCOc1ccc(NC2CN3CCC2CC3)cc1CO. The van der Waals surface area contributed by atoms with E-state index >= 15 is 0 Å². The summed E-state index contributed by atoms with van der Waals surface area (Å²) in [5.41, 5.74) is 1.95. The van der Waals surface area contributed by atoms with Crippen molar-refractivity contribution in [3.8, 4) is 5.75 Å². The number of nitrogens with zero attached hydrogens (tertiary/aromatic N) is 1. The van der Waals surface area contributed by atoms with E-state index in [2.05, 4.69) is 16.3 Å². The second-order valence-electron chi connectivity index (χ2n) is 5.80. The number of aliphatic hydroxyl groups is 1. The summed E-state index contributed by atoms with van der Waals surface area (Å²) in [4.78, 5) is 2.54. The summed E-state index contributed by atoms with van der Waals surface area (Å²) < 4.78 is 5.53. The highest BCUT2D eigenvalue weighted by Gasteiger charge is 2.33. The van der Waals surface area contributed by atoms with E-state index in [4.69, 9.17) is 4.74 Å². The molecule has 0 saturated carbocycles. The van der Waals surface area contributed by atoms with E-state index in [0.717, 1.165) is 29.5 Å². The van der Waals surface area contributed by atoms with Gasteiger partial charge in [-0.3, -0.25) is 0 Å². The van der Waals surface area contributed by atoms with Gasteiger partial charge in [-0.05, 0) is 57.0 Å². The van der Waals surface area contributed by atoms with Gasteiger partial charge in [0.1, 0.15) is 5.75 Å². The fraction of sp³-hybridized carbons (Fsp3) is 0.625. The minimum atomic E-state index is 0.0189. The Morgan fingerprint density at radius 2 is 2.15 bits per heavy atom. The Hall–Kier alpha value is -1.26. The van der Waals surface area contributed by atoms with Crippen LogP contribution in [0, 0.1) is 5.92 Å². The number of anilines is 1. The molecule has 3 aliphatic heterocycles. The third-order valence-electron chi connectivity index (χ3n) is 4.54. The van der Waals surface area contributed by atoms with Crippen LogP contribution in [0.4, 0.5) is 5.69 Å². The van der Waals surface area contributed by atoms with Crippen LogP contribution in [0.15, 0.2) is 18.2 Å². The summed E-state index contributed by atoms with van der Waals surface area (Å²) in [6, 6.07) is 6.57. The number of ether oxygens (including phenoxy) is 1. The lowest BCUT2D eigenvalue weighted by Gasteiger charge is -2.45. The van der Waals surface area contributed by atoms with E-state index in [-0.39, 0.29) is 6.61 Å². The predicted molar refractivity (Wildman–Crippen MR) is 80.1 cm³/mol. The van der Waals surface area contributed by atoms with E-state index < -0.39 is 0 Å². The zero-order valence-corrected chi connectivity index (χ0v) is 12.1. The number of nitrogens with one attached hydrogen (secondary N) is 1. The second-order valence-corrected chi connectivity index (χ2v) is 5.80. The molecule has 1 atom stereocenters. The van der Waals surface area contributed by atoms with Crippen molar-refractivity contribution in [3.05, 3.63) is 23.8 Å². The lowest BCUT2D eigenvalue weighted by Crippen LogP contribution is -2.53. The van der Waals surface area contributed by atoms with E-state index in [9.17, 15) is 5.11 Å². The third kappa shape index (κ3) is 2.76. The molecule has 0 aliphatic carbocycles. The maximum Gasteiger partial charge on any atom is 0.124 e. The molecule has 0 aromatic heterocycles. The molecule has 4 nitrogen and oxygen atoms in total. The van der Waals surface area contributed by atoms with Gasteiger partial charge in [0.25, 0.3) is 0 Å². The zero-order valence-electron chi connectivity index (χ0n) is 12.1. The summed E-state index contributed by atoms with van der Waals surface area (Å²) in [6.45, 7) is 6.26. The molecule has 4 rings (SSSR count). The van der Waals surface area contributed by atoms with Crippen LogP contribution in [0.3, 0.4) is 0 Å². The number of benzene rings is 1. The van der Waals surface area contributed by atoms with Crippen molar-refractivity contribution in [1.29, 1.82) is 0 Å². The molecular formula is C16H24N2O2. The maximum atomic E-state index is 9.46. The average Bonchev–Trinajstić information content (AvgIpc) is 2.50. The van der Waals surface area contributed by atoms with Gasteiger partial charge in [0.2, 0.25) is 0 Å². The minimum Gasteiger partial charge on any atom is -0.494 e. The van der Waals surface area contributed by atoms with E-state index in [1.54, 1.807) is 0 Å². The number of fused-ring (bicyclic) bond motifs is 3. The molecule has 2 N–H and O–H groups in total. The molecule has 3 saturated heterocycles. The standard InChI is InChI=1S/C16H24N2O2/c1-2-20-16-4-3-14(9-13(16)11-19)17-15-10-18-7-5-12(15)6-8-18/h3-4,9,12,15,17,19H,2,5-8,10-11H2,1H3. The van der Waals surface area contributed by atoms with Gasteiger partial charge >= 0.3 is 0 Å². The van der Waals surface area contributed by atoms with Gasteiger partial charge in [-0.25, -0.2) is 0 Å². The molecule has 20 heavy (non-hydrogen) atoms. The monoisotopic (exact) mass is 276 g/mol. The molecule has 0 amide bonds. The Morgan fingerprint density at radius 1 is 1.35 bits per heavy atom. The topological polar surface area (TPSA) is 44.7 Å². The quantitative estimate of drug-likeness (QED) is 0.864. The molecule has 110 valence electrons. The molecule has 3 aliphatic rings. The van der Waals surface area contributed by atoms with Crippen molar-refractivity contribution in [3.63, 3.8) is 0 Å². The Kier molecular flexibility index (Phi) is 4.13. The highest BCUT2D eigenvalue weighted by molar-refractivity contribution is 5.52. The van der Waals surface area contributed by atoms with Gasteiger partial charge in [0, 0.05) is 23.8 Å². The van der Waals surface area contributed by atoms with E-state index in [1.807, 2.05) is 19.1 Å². The van der Waals surface area contributed by atoms with Gasteiger partial charge in [-0.2, -0.15) is 0 Å². The first-order chi connectivity index (χ1) is 9.80. The summed E-state index contributed by atoms with van der Waals surface area (Å²) in [5.74, 6) is 1.58. The number of aliphatic hydroxyl groups excluding tert-OH is 1. The smallest absolute Gasteiger partial charge is 0.124 e. The molecular weight excluding hydrogens is 252 g/mol. The van der Waals surface area contributed by atoms with Crippen molar-refractivity contribution in [2.24, 2.45) is 5.92 Å². The van der Waals surface area contributed by atoms with Gasteiger partial charge in [-0.15, -0.1) is 0 Å². The molecule has 0 radical (unpaired) electrons. The normalized spacial score (nSPS) is 28.4. The first kappa shape index (κ1) is 13.7. The molecule has 4 heteroatoms. The van der Waals surface area contributed by atoms with Gasteiger partial charge < -0.3 is 20.1 Å². The third-order valence-corrected chi connectivity index (χ3v) is 4.54. The molecule has 2 bridgehead atoms. The van der Waals surface area contributed by atoms with Crippen LogP contribution in [0.25, 0.3) is 0 Å². The van der Waals surface area contributed by atoms with Crippen LogP contribution in [-0.4, -0.2) is 42.3 Å². The number of hydrogen-bond donors (Lipinski definition) is 2. The second kappa shape index (κ2) is 6.02. The fourth-order valence-electron chi connectivity index (χ4n) is 3.43. The molecule has 1 aromatic rings. The number of piperidine rings is 3. The number of rotatable bonds is 5. The van der Waals surface area contributed by atoms with Crippen molar-refractivity contribution in [2.45, 2.75) is 32.4 Å². The molecule has 3 heterocycles. The highest BCUT2D eigenvalue weighted by Crippen LogP contribution is 2.31. The number of hydrogen-bond acceptors (Lipinski definition) is 4. The van der Waals surface area contributed by atoms with Crippen LogP contribution < -0.4 is 10.1 Å². The van der Waals surface area contributed by atoms with E-state index in [0.29, 0.717) is 12.6 Å². The molecule has 1 aromatic carbocycles. The van der Waals surface area contributed by atoms with Crippen LogP contribution in [-0.2, 0) is 6.61 Å². The van der Waals surface area contributed by atoms with Gasteiger partial charge in [0.15, 0.2) is 0 Å². The van der Waals surface area contributed by atoms with Gasteiger partial charge in [0.05, 0.1) is 13.2 Å². The Bertz CT molecular complexity index is 456. The first-order valence-corrected chi connectivity index (χ1v) is 7.65. The molecule has 3 fully saturated rings. The van der Waals surface area contributed by atoms with Gasteiger partial charge in [-0.1, -0.05) is 0 Å². The van der Waals surface area contributed by atoms with Crippen LogP contribution in [0.5, 0.6) is 5.75 Å². The summed E-state index contributed by atoms with van der Waals surface area (Å²) >= 11 is 0. The van der Waals surface area contributed by atoms with Crippen LogP contribution in [0.2, 0.25) is 0 Å². The Morgan fingerprint density at radius 3 is 2.75 bits per heavy atom. The van der Waals surface area contributed by atoms with Crippen molar-refractivity contribution < 1.29 is 9.84 Å². The van der Waals surface area contributed by atoms with Crippen molar-refractivity contribution in [1.82, 2.24) is 4.90 Å². The lowest BCUT2D eigenvalue weighted by atomic mass is 9.84. The van der Waals surface area contributed by atoms with Crippen molar-refractivity contribution >= 4 is 5.69 Å². The molecule has 0 spiro atoms.